The van der Waals surface area contributed by atoms with Gasteiger partial charge in [0.05, 0.1) is 0 Å². The van der Waals surface area contributed by atoms with Crippen molar-refractivity contribution >= 4 is 0 Å². The maximum atomic E-state index is 10.1. The quantitative estimate of drug-likeness (QED) is 0.167. The number of hydrogen-bond acceptors (Lipinski definition) is 4. The minimum Gasteiger partial charge on any atom is -0.508 e. The summed E-state index contributed by atoms with van der Waals surface area (Å²) in [6.45, 7) is 8.01. The number of aromatic hydroxyl groups is 4. The van der Waals surface area contributed by atoms with Gasteiger partial charge in [-0.25, -0.2) is 0 Å². The first-order valence-corrected chi connectivity index (χ1v) is 13.4. The van der Waals surface area contributed by atoms with Crippen LogP contribution in [0.1, 0.15) is 67.5 Å². The average molecular weight is 531 g/mol. The van der Waals surface area contributed by atoms with Crippen molar-refractivity contribution in [1.29, 1.82) is 0 Å². The van der Waals surface area contributed by atoms with Crippen LogP contribution in [0.25, 0.3) is 0 Å². The Kier molecular flexibility index (Phi) is 7.27. The molecule has 4 nitrogen and oxygen atoms in total. The van der Waals surface area contributed by atoms with E-state index in [4.69, 9.17) is 0 Å². The molecular formula is C36H34O4. The third-order valence-corrected chi connectivity index (χ3v) is 7.86. The second kappa shape index (κ2) is 10.8. The first kappa shape index (κ1) is 26.9. The molecule has 202 valence electrons. The number of phenols is 4. The van der Waals surface area contributed by atoms with Gasteiger partial charge in [-0.05, 0) is 132 Å². The molecule has 5 aromatic carbocycles. The monoisotopic (exact) mass is 530 g/mol. The number of rotatable bonds is 6. The minimum atomic E-state index is -0.0977. The van der Waals surface area contributed by atoms with Crippen molar-refractivity contribution in [2.75, 3.05) is 0 Å². The molecule has 40 heavy (non-hydrogen) atoms. The van der Waals surface area contributed by atoms with E-state index < -0.39 is 0 Å². The first-order valence-electron chi connectivity index (χ1n) is 13.4. The Hall–Kier alpha value is -4.70. The van der Waals surface area contributed by atoms with Gasteiger partial charge in [0, 0.05) is 11.8 Å². The molecule has 0 unspecified atom stereocenters. The Balaban J connectivity index is 1.66. The third kappa shape index (κ3) is 5.26. The molecule has 0 bridgehead atoms. The third-order valence-electron chi connectivity index (χ3n) is 7.86. The minimum absolute atomic E-state index is 0.0977. The summed E-state index contributed by atoms with van der Waals surface area (Å²) in [5, 5.41) is 40.3. The summed E-state index contributed by atoms with van der Waals surface area (Å²) < 4.78 is 0. The first-order chi connectivity index (χ1) is 19.1. The van der Waals surface area contributed by atoms with Gasteiger partial charge in [0.1, 0.15) is 23.0 Å². The van der Waals surface area contributed by atoms with Gasteiger partial charge in [-0.2, -0.15) is 0 Å². The van der Waals surface area contributed by atoms with Gasteiger partial charge in [-0.15, -0.1) is 0 Å². The van der Waals surface area contributed by atoms with Crippen molar-refractivity contribution in [3.8, 4) is 23.0 Å². The molecule has 0 spiro atoms. The second-order valence-electron chi connectivity index (χ2n) is 10.7. The van der Waals surface area contributed by atoms with Crippen LogP contribution in [0.5, 0.6) is 23.0 Å². The topological polar surface area (TPSA) is 80.9 Å². The molecule has 0 radical (unpaired) electrons. The number of hydrogen-bond donors (Lipinski definition) is 4. The number of phenolic OH excluding ortho intramolecular Hbond substituents is 4. The summed E-state index contributed by atoms with van der Waals surface area (Å²) in [6, 6.07) is 30.5. The molecule has 0 saturated carbocycles. The van der Waals surface area contributed by atoms with E-state index in [9.17, 15) is 20.4 Å². The van der Waals surface area contributed by atoms with Gasteiger partial charge in [0.2, 0.25) is 0 Å². The Labute approximate surface area is 235 Å². The molecule has 0 atom stereocenters. The molecule has 0 heterocycles. The maximum Gasteiger partial charge on any atom is 0.115 e. The Morgan fingerprint density at radius 2 is 0.575 bits per heavy atom. The van der Waals surface area contributed by atoms with Crippen LogP contribution in [0.3, 0.4) is 0 Å². The fourth-order valence-electron chi connectivity index (χ4n) is 5.87. The molecule has 0 aliphatic rings. The van der Waals surface area contributed by atoms with E-state index in [2.05, 4.69) is 24.3 Å². The highest BCUT2D eigenvalue weighted by Crippen LogP contribution is 2.41. The van der Waals surface area contributed by atoms with Gasteiger partial charge < -0.3 is 20.4 Å². The molecule has 0 aromatic heterocycles. The highest BCUT2D eigenvalue weighted by molar-refractivity contribution is 5.55. The van der Waals surface area contributed by atoms with Crippen molar-refractivity contribution in [3.63, 3.8) is 0 Å². The highest BCUT2D eigenvalue weighted by atomic mass is 16.3. The Bertz CT molecular complexity index is 1460. The molecule has 5 aromatic rings. The van der Waals surface area contributed by atoms with Crippen LogP contribution in [0.15, 0.2) is 97.1 Å². The summed E-state index contributed by atoms with van der Waals surface area (Å²) in [4.78, 5) is 0. The van der Waals surface area contributed by atoms with Crippen LogP contribution in [0.2, 0.25) is 0 Å². The fraction of sp³-hybridized carbons (Fsp3) is 0.167. The van der Waals surface area contributed by atoms with E-state index in [-0.39, 0.29) is 34.8 Å². The van der Waals surface area contributed by atoms with E-state index >= 15 is 0 Å². The van der Waals surface area contributed by atoms with Crippen LogP contribution in [0, 0.1) is 27.7 Å². The van der Waals surface area contributed by atoms with E-state index in [0.717, 1.165) is 55.6 Å². The van der Waals surface area contributed by atoms with Crippen LogP contribution >= 0.6 is 0 Å². The van der Waals surface area contributed by atoms with Crippen LogP contribution in [-0.4, -0.2) is 20.4 Å². The van der Waals surface area contributed by atoms with Gasteiger partial charge in [0.25, 0.3) is 0 Å². The summed E-state index contributed by atoms with van der Waals surface area (Å²) in [6.07, 6.45) is 0. The molecule has 0 saturated heterocycles. The predicted octanol–water partition coefficient (Wildman–Crippen LogP) is 8.10. The lowest BCUT2D eigenvalue weighted by molar-refractivity contribution is 0.473. The number of benzene rings is 5. The largest absolute Gasteiger partial charge is 0.508 e. The van der Waals surface area contributed by atoms with E-state index in [1.807, 2.05) is 52.0 Å². The molecule has 0 fully saturated rings. The Morgan fingerprint density at radius 3 is 0.775 bits per heavy atom. The average Bonchev–Trinajstić information content (AvgIpc) is 2.89. The van der Waals surface area contributed by atoms with E-state index in [0.29, 0.717) is 0 Å². The second-order valence-corrected chi connectivity index (χ2v) is 10.7. The summed E-state index contributed by atoms with van der Waals surface area (Å²) >= 11 is 0. The lowest BCUT2D eigenvalue weighted by Gasteiger charge is -2.25. The van der Waals surface area contributed by atoms with E-state index in [1.54, 1.807) is 48.5 Å². The Morgan fingerprint density at radius 1 is 0.350 bits per heavy atom. The van der Waals surface area contributed by atoms with Crippen LogP contribution < -0.4 is 0 Å². The smallest absolute Gasteiger partial charge is 0.115 e. The van der Waals surface area contributed by atoms with Gasteiger partial charge in [-0.3, -0.25) is 0 Å². The van der Waals surface area contributed by atoms with Gasteiger partial charge >= 0.3 is 0 Å². The number of aryl methyl sites for hydroxylation is 4. The fourth-order valence-corrected chi connectivity index (χ4v) is 5.87. The summed E-state index contributed by atoms with van der Waals surface area (Å²) in [5.74, 6) is 0.727. The van der Waals surface area contributed by atoms with Crippen molar-refractivity contribution in [1.82, 2.24) is 0 Å². The molecule has 5 rings (SSSR count). The van der Waals surface area contributed by atoms with Crippen LogP contribution in [-0.2, 0) is 0 Å². The molecular weight excluding hydrogens is 496 g/mol. The van der Waals surface area contributed by atoms with Crippen molar-refractivity contribution < 1.29 is 20.4 Å². The molecule has 4 N–H and O–H groups in total. The van der Waals surface area contributed by atoms with Gasteiger partial charge in [0.15, 0.2) is 0 Å². The normalized spacial score (nSPS) is 11.3. The lowest BCUT2D eigenvalue weighted by atomic mass is 9.78. The zero-order chi connectivity index (χ0) is 28.6. The van der Waals surface area contributed by atoms with E-state index in [1.165, 1.54) is 0 Å². The zero-order valence-corrected chi connectivity index (χ0v) is 23.2. The molecule has 0 aliphatic carbocycles. The summed E-state index contributed by atoms with van der Waals surface area (Å²) in [7, 11) is 0. The zero-order valence-electron chi connectivity index (χ0n) is 23.2. The molecule has 0 amide bonds. The van der Waals surface area contributed by atoms with Crippen molar-refractivity contribution in [3.05, 3.63) is 153 Å². The molecule has 0 aliphatic heterocycles. The highest BCUT2D eigenvalue weighted by Gasteiger charge is 2.24. The van der Waals surface area contributed by atoms with Crippen molar-refractivity contribution in [2.24, 2.45) is 0 Å². The van der Waals surface area contributed by atoms with Crippen LogP contribution in [0.4, 0.5) is 0 Å². The standard InChI is InChI=1S/C36H34O4/c1-21-17-27(37)9-13-31(21)35(32-14-10-28(38)18-22(32)2)25-5-7-26(8-6-25)36(33-15-11-29(39)19-23(33)3)34-16-12-30(40)20-24(34)4/h5-20,35-40H,1-4H3. The summed E-state index contributed by atoms with van der Waals surface area (Å²) in [5.41, 5.74) is 10.5. The van der Waals surface area contributed by atoms with Gasteiger partial charge in [-0.1, -0.05) is 48.5 Å². The lowest BCUT2D eigenvalue weighted by Crippen LogP contribution is -2.09. The van der Waals surface area contributed by atoms with Crippen molar-refractivity contribution in [2.45, 2.75) is 39.5 Å². The SMILES string of the molecule is Cc1cc(O)ccc1C(c1ccc(C(c2ccc(O)cc2C)c2ccc(O)cc2C)cc1)c1ccc(O)cc1C. The maximum absolute atomic E-state index is 10.1. The predicted molar refractivity (Wildman–Crippen MR) is 160 cm³/mol. The molecule has 4 heteroatoms.